The molecule has 8 heteroatoms. The van der Waals surface area contributed by atoms with E-state index in [0.29, 0.717) is 30.8 Å². The Balaban J connectivity index is 1.68. The van der Waals surface area contributed by atoms with Gasteiger partial charge in [-0.25, -0.2) is 8.42 Å². The van der Waals surface area contributed by atoms with Crippen LogP contribution in [0.15, 0.2) is 18.2 Å². The number of carbonyl (C=O) groups excluding carboxylic acids is 2. The molecule has 25 heavy (non-hydrogen) atoms. The number of fused-ring (bicyclic) bond motifs is 1. The van der Waals surface area contributed by atoms with Gasteiger partial charge >= 0.3 is 0 Å². The fourth-order valence-electron chi connectivity index (χ4n) is 3.37. The average molecular weight is 366 g/mol. The first-order chi connectivity index (χ1) is 11.9. The zero-order valence-corrected chi connectivity index (χ0v) is 14.9. The van der Waals surface area contributed by atoms with Gasteiger partial charge in [-0.2, -0.15) is 0 Å². The maximum absolute atomic E-state index is 12.6. The van der Waals surface area contributed by atoms with Crippen LogP contribution in [0.25, 0.3) is 0 Å². The Labute approximate surface area is 147 Å². The second-order valence-electron chi connectivity index (χ2n) is 6.57. The number of sulfone groups is 1. The van der Waals surface area contributed by atoms with Crippen molar-refractivity contribution in [1.29, 1.82) is 0 Å². The van der Waals surface area contributed by atoms with Crippen LogP contribution in [0.1, 0.15) is 30.7 Å². The number of hydrogen-bond donors (Lipinski definition) is 2. The van der Waals surface area contributed by atoms with Crippen LogP contribution in [0.2, 0.25) is 0 Å². The summed E-state index contributed by atoms with van der Waals surface area (Å²) in [6.45, 7) is 0.436. The molecular weight excluding hydrogens is 344 g/mol. The first-order valence-electron chi connectivity index (χ1n) is 8.34. The van der Waals surface area contributed by atoms with Crippen LogP contribution in [0.4, 0.5) is 5.69 Å². The fourth-order valence-corrected chi connectivity index (χ4v) is 4.96. The highest BCUT2D eigenvalue weighted by molar-refractivity contribution is 7.91. The van der Waals surface area contributed by atoms with E-state index in [9.17, 15) is 18.0 Å². The summed E-state index contributed by atoms with van der Waals surface area (Å²) in [4.78, 5) is 24.6. The van der Waals surface area contributed by atoms with Crippen molar-refractivity contribution >= 4 is 27.3 Å². The van der Waals surface area contributed by atoms with Gasteiger partial charge in [0.15, 0.2) is 0 Å². The molecule has 7 nitrogen and oxygen atoms in total. The van der Waals surface area contributed by atoms with Crippen molar-refractivity contribution in [3.8, 4) is 5.75 Å². The smallest absolute Gasteiger partial charge is 0.228 e. The third-order valence-electron chi connectivity index (χ3n) is 4.86. The molecule has 3 rings (SSSR count). The van der Waals surface area contributed by atoms with Gasteiger partial charge in [0.2, 0.25) is 11.8 Å². The summed E-state index contributed by atoms with van der Waals surface area (Å²) < 4.78 is 28.2. The molecule has 2 N–H and O–H groups in total. The van der Waals surface area contributed by atoms with E-state index in [2.05, 4.69) is 10.6 Å². The van der Waals surface area contributed by atoms with Gasteiger partial charge in [0.25, 0.3) is 0 Å². The molecule has 2 aliphatic rings. The van der Waals surface area contributed by atoms with Crippen molar-refractivity contribution in [1.82, 2.24) is 5.32 Å². The Morgan fingerprint density at radius 3 is 2.72 bits per heavy atom. The van der Waals surface area contributed by atoms with Gasteiger partial charge in [-0.1, -0.05) is 12.1 Å². The summed E-state index contributed by atoms with van der Waals surface area (Å²) in [6.07, 6.45) is 1.22. The van der Waals surface area contributed by atoms with E-state index in [-0.39, 0.29) is 35.7 Å². The van der Waals surface area contributed by atoms with Crippen LogP contribution >= 0.6 is 0 Å². The summed E-state index contributed by atoms with van der Waals surface area (Å²) >= 11 is 0. The monoisotopic (exact) mass is 366 g/mol. The van der Waals surface area contributed by atoms with E-state index in [4.69, 9.17) is 4.74 Å². The standard InChI is InChI=1S/C17H22N2O5S/c1-24-14-4-2-3-12-13(9-15(20)19-16(12)14)17(21)18-10-11-5-7-25(22,23)8-6-11/h2-4,11,13H,5-10H2,1H3,(H,18,21)(H,19,20)/t13-/m1/s1. The van der Waals surface area contributed by atoms with Gasteiger partial charge in [-0.15, -0.1) is 0 Å². The van der Waals surface area contributed by atoms with Crippen molar-refractivity contribution in [2.45, 2.75) is 25.2 Å². The van der Waals surface area contributed by atoms with Crippen LogP contribution in [0.3, 0.4) is 0 Å². The normalized spacial score (nSPS) is 22.6. The van der Waals surface area contributed by atoms with Gasteiger partial charge in [0.05, 0.1) is 30.2 Å². The van der Waals surface area contributed by atoms with E-state index in [1.165, 1.54) is 7.11 Å². The molecule has 0 unspecified atom stereocenters. The Bertz CT molecular complexity index is 776. The van der Waals surface area contributed by atoms with Crippen molar-refractivity contribution in [2.24, 2.45) is 5.92 Å². The summed E-state index contributed by atoms with van der Waals surface area (Å²) in [7, 11) is -1.39. The number of hydrogen-bond acceptors (Lipinski definition) is 5. The molecule has 2 heterocycles. The number of methoxy groups -OCH3 is 1. The van der Waals surface area contributed by atoms with Crippen molar-refractivity contribution in [2.75, 3.05) is 30.5 Å². The number of benzene rings is 1. The summed E-state index contributed by atoms with van der Waals surface area (Å²) in [5.74, 6) is 0.0547. The molecule has 2 amide bonds. The highest BCUT2D eigenvalue weighted by Gasteiger charge is 2.33. The molecule has 1 fully saturated rings. The second-order valence-corrected chi connectivity index (χ2v) is 8.87. The molecule has 1 aromatic rings. The molecule has 0 saturated carbocycles. The number of ether oxygens (including phenoxy) is 1. The Hall–Kier alpha value is -2.09. The number of amides is 2. The maximum Gasteiger partial charge on any atom is 0.228 e. The van der Waals surface area contributed by atoms with Crippen LogP contribution in [0, 0.1) is 5.92 Å². The van der Waals surface area contributed by atoms with Crippen LogP contribution in [0.5, 0.6) is 5.75 Å². The van der Waals surface area contributed by atoms with Crippen LogP contribution < -0.4 is 15.4 Å². The number of para-hydroxylation sites is 1. The predicted octanol–water partition coefficient (Wildman–Crippen LogP) is 1.06. The highest BCUT2D eigenvalue weighted by Crippen LogP contribution is 2.38. The second kappa shape index (κ2) is 7.03. The topological polar surface area (TPSA) is 102 Å². The lowest BCUT2D eigenvalue weighted by atomic mass is 9.89. The van der Waals surface area contributed by atoms with Gasteiger partial charge in [-0.3, -0.25) is 9.59 Å². The van der Waals surface area contributed by atoms with Gasteiger partial charge in [0.1, 0.15) is 15.6 Å². The van der Waals surface area contributed by atoms with Crippen molar-refractivity contribution in [3.63, 3.8) is 0 Å². The number of rotatable bonds is 4. The summed E-state index contributed by atoms with van der Waals surface area (Å²) in [6, 6.07) is 5.35. The van der Waals surface area contributed by atoms with E-state index >= 15 is 0 Å². The molecule has 0 aliphatic carbocycles. The quantitative estimate of drug-likeness (QED) is 0.830. The third-order valence-corrected chi connectivity index (χ3v) is 6.58. The first-order valence-corrected chi connectivity index (χ1v) is 10.2. The molecule has 0 bridgehead atoms. The van der Waals surface area contributed by atoms with E-state index in [0.717, 1.165) is 5.56 Å². The van der Waals surface area contributed by atoms with Crippen molar-refractivity contribution in [3.05, 3.63) is 23.8 Å². The molecule has 2 aliphatic heterocycles. The van der Waals surface area contributed by atoms with Gasteiger partial charge < -0.3 is 15.4 Å². The Kier molecular flexibility index (Phi) is 4.99. The number of anilines is 1. The minimum atomic E-state index is -2.91. The zero-order valence-electron chi connectivity index (χ0n) is 14.1. The lowest BCUT2D eigenvalue weighted by Crippen LogP contribution is -2.39. The van der Waals surface area contributed by atoms with Gasteiger partial charge in [0, 0.05) is 13.0 Å². The van der Waals surface area contributed by atoms with E-state index in [1.54, 1.807) is 12.1 Å². The average Bonchev–Trinajstić information content (AvgIpc) is 2.59. The molecule has 0 radical (unpaired) electrons. The largest absolute Gasteiger partial charge is 0.495 e. The van der Waals surface area contributed by atoms with E-state index < -0.39 is 15.8 Å². The molecular formula is C17H22N2O5S. The third kappa shape index (κ3) is 3.95. The van der Waals surface area contributed by atoms with E-state index in [1.807, 2.05) is 6.07 Å². The lowest BCUT2D eigenvalue weighted by Gasteiger charge is -2.27. The molecule has 0 spiro atoms. The van der Waals surface area contributed by atoms with Crippen LogP contribution in [-0.2, 0) is 19.4 Å². The number of nitrogens with one attached hydrogen (secondary N) is 2. The maximum atomic E-state index is 12.6. The fraction of sp³-hybridized carbons (Fsp3) is 0.529. The SMILES string of the molecule is COc1cccc2c1NC(=O)C[C@H]2C(=O)NCC1CCS(=O)(=O)CC1. The summed E-state index contributed by atoms with van der Waals surface area (Å²) in [5, 5.41) is 5.66. The van der Waals surface area contributed by atoms with Crippen LogP contribution in [-0.4, -0.2) is 45.4 Å². The molecule has 0 aromatic heterocycles. The molecule has 136 valence electrons. The highest BCUT2D eigenvalue weighted by atomic mass is 32.2. The minimum Gasteiger partial charge on any atom is -0.495 e. The predicted molar refractivity (Wildman–Crippen MR) is 93.4 cm³/mol. The minimum absolute atomic E-state index is 0.0883. The van der Waals surface area contributed by atoms with Gasteiger partial charge in [-0.05, 0) is 30.4 Å². The van der Waals surface area contributed by atoms with Crippen molar-refractivity contribution < 1.29 is 22.7 Å². The summed E-state index contributed by atoms with van der Waals surface area (Å²) in [5.41, 5.74) is 1.29. The number of carbonyl (C=O) groups is 2. The lowest BCUT2D eigenvalue weighted by molar-refractivity contribution is -0.126. The molecule has 1 atom stereocenters. The first kappa shape index (κ1) is 17.7. The Morgan fingerprint density at radius 1 is 1.32 bits per heavy atom. The molecule has 1 saturated heterocycles. The zero-order chi connectivity index (χ0) is 18.0. The Morgan fingerprint density at radius 2 is 2.04 bits per heavy atom. The molecule has 1 aromatic carbocycles.